The van der Waals surface area contributed by atoms with E-state index in [0.29, 0.717) is 0 Å². The van der Waals surface area contributed by atoms with Gasteiger partial charge in [0.1, 0.15) is 54.9 Å². The average molecular weight is 546 g/mol. The van der Waals surface area contributed by atoms with Crippen LogP contribution in [0.15, 0.2) is 0 Å². The zero-order chi connectivity index (χ0) is 27.9. The van der Waals surface area contributed by atoms with Crippen molar-refractivity contribution in [3.8, 4) is 0 Å². The molecule has 3 rings (SSSR count). The van der Waals surface area contributed by atoms with Crippen molar-refractivity contribution in [2.24, 2.45) is 0 Å². The zero-order valence-corrected chi connectivity index (χ0v) is 18.3. The van der Waals surface area contributed by atoms with Crippen molar-refractivity contribution in [3.63, 3.8) is 0 Å². The maximum Gasteiger partial charge on any atom is 0.335 e. The Morgan fingerprint density at radius 3 is 1.30 bits per heavy atom. The van der Waals surface area contributed by atoms with E-state index in [-0.39, 0.29) is 0 Å². The SMILES string of the molecule is O=C(O)C1O[C@@H](O[C@H]2C(O)C(O)[C@@H](O)O[C@@H]2C(=O)O)C(O)[C@@H](O)[C@H]1O[C@H]1O[C@H](C(=O)O)[C@@H](O)C(O)C1O. The van der Waals surface area contributed by atoms with Crippen LogP contribution >= 0.6 is 0 Å². The normalized spacial score (nSPS) is 48.8. The third kappa shape index (κ3) is 5.68. The molecule has 3 aliphatic heterocycles. The van der Waals surface area contributed by atoms with Crippen LogP contribution < -0.4 is 0 Å². The quantitative estimate of drug-likeness (QED) is 0.141. The van der Waals surface area contributed by atoms with Gasteiger partial charge in [0.05, 0.1) is 0 Å². The largest absolute Gasteiger partial charge is 0.479 e. The highest BCUT2D eigenvalue weighted by molar-refractivity contribution is 5.74. The van der Waals surface area contributed by atoms with E-state index in [2.05, 4.69) is 4.74 Å². The van der Waals surface area contributed by atoms with Crippen LogP contribution in [0.2, 0.25) is 0 Å². The molecule has 6 unspecified atom stereocenters. The first-order chi connectivity index (χ1) is 17.2. The lowest BCUT2D eigenvalue weighted by atomic mass is 9.95. The molecule has 15 atom stereocenters. The molecule has 3 fully saturated rings. The smallest absolute Gasteiger partial charge is 0.335 e. The van der Waals surface area contributed by atoms with Gasteiger partial charge in [0.2, 0.25) is 0 Å². The Hall–Kier alpha value is -2.11. The van der Waals surface area contributed by atoms with Crippen LogP contribution in [-0.4, -0.2) is 166 Å². The molecule has 0 amide bonds. The number of ether oxygens (including phenoxy) is 5. The Morgan fingerprint density at radius 1 is 0.459 bits per heavy atom. The van der Waals surface area contributed by atoms with E-state index in [0.717, 1.165) is 0 Å². The Kier molecular flexibility index (Phi) is 9.01. The minimum atomic E-state index is -2.29. The Bertz CT molecular complexity index is 853. The van der Waals surface area contributed by atoms with E-state index in [1.807, 2.05) is 0 Å². The second-order valence-corrected chi connectivity index (χ2v) is 8.45. The Morgan fingerprint density at radius 2 is 0.838 bits per heavy atom. The third-order valence-corrected chi connectivity index (χ3v) is 5.99. The fourth-order valence-corrected chi connectivity index (χ4v) is 3.98. The van der Waals surface area contributed by atoms with Crippen molar-refractivity contribution >= 4 is 17.9 Å². The topological polar surface area (TPSA) is 320 Å². The van der Waals surface area contributed by atoms with Crippen LogP contribution in [0.1, 0.15) is 0 Å². The van der Waals surface area contributed by atoms with Gasteiger partial charge in [-0.05, 0) is 0 Å². The predicted molar refractivity (Wildman–Crippen MR) is 103 cm³/mol. The van der Waals surface area contributed by atoms with Crippen LogP contribution in [0.25, 0.3) is 0 Å². The van der Waals surface area contributed by atoms with Gasteiger partial charge in [-0.3, -0.25) is 0 Å². The Labute approximate surface area is 205 Å². The van der Waals surface area contributed by atoms with Gasteiger partial charge in [0.15, 0.2) is 37.2 Å². The summed E-state index contributed by atoms with van der Waals surface area (Å²) in [6, 6.07) is 0. The average Bonchev–Trinajstić information content (AvgIpc) is 2.82. The molecule has 0 saturated carbocycles. The number of aliphatic hydroxyl groups is 8. The van der Waals surface area contributed by atoms with Gasteiger partial charge >= 0.3 is 17.9 Å². The van der Waals surface area contributed by atoms with Crippen LogP contribution in [0.4, 0.5) is 0 Å². The number of rotatable bonds is 7. The van der Waals surface area contributed by atoms with Gasteiger partial charge in [-0.15, -0.1) is 0 Å². The molecule has 0 aliphatic carbocycles. The third-order valence-electron chi connectivity index (χ3n) is 5.99. The second-order valence-electron chi connectivity index (χ2n) is 8.45. The second kappa shape index (κ2) is 11.3. The fourth-order valence-electron chi connectivity index (χ4n) is 3.98. The standard InChI is InChI=1S/C18H26O19/c19-1-2(20)10(13(26)27)36-17(6(1)24)35-9-4(22)7(25)18(37-12(9)15(30)31)34-8-3(21)5(23)16(32)33-11(8)14(28)29/h1-12,16-25,32H,(H,26,27)(H,28,29)(H,30,31)/t1?,2-,3?,4+,5?,6?,7?,8-,9+,10-,11-,12?,16-,17-,18+/m0/s1. The van der Waals surface area contributed by atoms with Crippen molar-refractivity contribution < 1.29 is 94.2 Å². The number of aliphatic carboxylic acids is 3. The van der Waals surface area contributed by atoms with Crippen molar-refractivity contribution in [3.05, 3.63) is 0 Å². The molecule has 0 spiro atoms. The van der Waals surface area contributed by atoms with Crippen LogP contribution in [0, 0.1) is 0 Å². The molecule has 0 aromatic rings. The summed E-state index contributed by atoms with van der Waals surface area (Å²) >= 11 is 0. The maximum absolute atomic E-state index is 11.8. The molecule has 0 aromatic carbocycles. The highest BCUT2D eigenvalue weighted by Gasteiger charge is 2.56. The summed E-state index contributed by atoms with van der Waals surface area (Å²) in [5.41, 5.74) is 0. The summed E-state index contributed by atoms with van der Waals surface area (Å²) in [4.78, 5) is 34.5. The molecule has 0 aromatic heterocycles. The van der Waals surface area contributed by atoms with Gasteiger partial charge in [0, 0.05) is 0 Å². The molecule has 37 heavy (non-hydrogen) atoms. The van der Waals surface area contributed by atoms with E-state index in [4.69, 9.17) is 24.1 Å². The first kappa shape index (κ1) is 29.4. The number of hydrogen-bond acceptors (Lipinski definition) is 16. The molecule has 3 aliphatic rings. The van der Waals surface area contributed by atoms with Crippen LogP contribution in [0.5, 0.6) is 0 Å². The van der Waals surface area contributed by atoms with Crippen molar-refractivity contribution in [1.29, 1.82) is 0 Å². The van der Waals surface area contributed by atoms with E-state index in [1.165, 1.54) is 0 Å². The highest BCUT2D eigenvalue weighted by atomic mass is 16.8. The molecule has 3 heterocycles. The zero-order valence-electron chi connectivity index (χ0n) is 18.3. The van der Waals surface area contributed by atoms with E-state index < -0.39 is 110 Å². The summed E-state index contributed by atoms with van der Waals surface area (Å²) in [5, 5.41) is 108. The first-order valence-electron chi connectivity index (χ1n) is 10.6. The minimum absolute atomic E-state index is 1.79. The van der Waals surface area contributed by atoms with Gasteiger partial charge in [-0.25, -0.2) is 14.4 Å². The van der Waals surface area contributed by atoms with Crippen molar-refractivity contribution in [2.75, 3.05) is 0 Å². The molecular formula is C18H26O19. The Balaban J connectivity index is 1.81. The molecule has 19 nitrogen and oxygen atoms in total. The molecular weight excluding hydrogens is 520 g/mol. The maximum atomic E-state index is 11.8. The number of carbonyl (C=O) groups is 3. The summed E-state index contributed by atoms with van der Waals surface area (Å²) in [7, 11) is 0. The molecule has 212 valence electrons. The number of aliphatic hydroxyl groups excluding tert-OH is 8. The van der Waals surface area contributed by atoms with Crippen molar-refractivity contribution in [2.45, 2.75) is 92.1 Å². The molecule has 0 bridgehead atoms. The number of carboxylic acids is 3. The lowest BCUT2D eigenvalue weighted by Crippen LogP contribution is -2.67. The summed E-state index contributed by atoms with van der Waals surface area (Å²) in [6.45, 7) is 0. The van der Waals surface area contributed by atoms with Gasteiger partial charge in [-0.1, -0.05) is 0 Å². The highest BCUT2D eigenvalue weighted by Crippen LogP contribution is 2.32. The monoisotopic (exact) mass is 546 g/mol. The molecule has 0 radical (unpaired) electrons. The minimum Gasteiger partial charge on any atom is -0.479 e. The lowest BCUT2D eigenvalue weighted by molar-refractivity contribution is -0.368. The predicted octanol–water partition coefficient (Wildman–Crippen LogP) is -7.30. The first-order valence-corrected chi connectivity index (χ1v) is 10.6. The summed E-state index contributed by atoms with van der Waals surface area (Å²) in [5.74, 6) is -5.46. The van der Waals surface area contributed by atoms with Gasteiger partial charge in [0.25, 0.3) is 0 Å². The lowest BCUT2D eigenvalue weighted by Gasteiger charge is -2.46. The van der Waals surface area contributed by atoms with E-state index in [1.54, 1.807) is 0 Å². The van der Waals surface area contributed by atoms with E-state index in [9.17, 15) is 65.4 Å². The van der Waals surface area contributed by atoms with Gasteiger partial charge in [-0.2, -0.15) is 0 Å². The molecule has 11 N–H and O–H groups in total. The van der Waals surface area contributed by atoms with E-state index >= 15 is 0 Å². The number of hydrogen-bond donors (Lipinski definition) is 11. The summed E-state index contributed by atoms with van der Waals surface area (Å²) < 4.78 is 24.8. The fraction of sp³-hybridized carbons (Fsp3) is 0.833. The number of carboxylic acid groups (broad SMARTS) is 3. The van der Waals surface area contributed by atoms with Crippen molar-refractivity contribution in [1.82, 2.24) is 0 Å². The van der Waals surface area contributed by atoms with Crippen LogP contribution in [-0.2, 0) is 38.1 Å². The molecule has 19 heteroatoms. The summed E-state index contributed by atoms with van der Waals surface area (Å²) in [6.07, 6.45) is -32.5. The molecule has 3 saturated heterocycles. The van der Waals surface area contributed by atoms with Gasteiger partial charge < -0.3 is 79.9 Å². The van der Waals surface area contributed by atoms with Crippen LogP contribution in [0.3, 0.4) is 0 Å².